The molecule has 0 radical (unpaired) electrons. The van der Waals surface area contributed by atoms with Crippen LogP contribution in [-0.2, 0) is 0 Å². The van der Waals surface area contributed by atoms with E-state index < -0.39 is 11.7 Å². The molecule has 2 aromatic carbocycles. The third-order valence-electron chi connectivity index (χ3n) is 2.74. The fraction of sp³-hybridized carbons (Fsp3) is 0.0667. The van der Waals surface area contributed by atoms with Crippen LogP contribution in [0.1, 0.15) is 20.7 Å². The van der Waals surface area contributed by atoms with Crippen molar-refractivity contribution in [2.45, 2.75) is 0 Å². The van der Waals surface area contributed by atoms with Crippen molar-refractivity contribution < 1.29 is 18.7 Å². The number of primary amides is 1. The van der Waals surface area contributed by atoms with Crippen molar-refractivity contribution in [3.05, 3.63) is 63.0 Å². The lowest BCUT2D eigenvalue weighted by atomic mass is 10.1. The lowest BCUT2D eigenvalue weighted by Crippen LogP contribution is -2.14. The Hall–Kier alpha value is -1.96. The number of carbonyl (C=O) groups excluding carboxylic acids is 2. The Morgan fingerprint density at radius 1 is 1.14 bits per heavy atom. The van der Waals surface area contributed by atoms with Gasteiger partial charge in [0.05, 0.1) is 5.56 Å². The highest BCUT2D eigenvalue weighted by Crippen LogP contribution is 2.17. The van der Waals surface area contributed by atoms with Crippen molar-refractivity contribution in [2.24, 2.45) is 5.73 Å². The Morgan fingerprint density at radius 2 is 1.81 bits per heavy atom. The highest BCUT2D eigenvalue weighted by Gasteiger charge is 2.11. The molecule has 0 saturated heterocycles. The summed E-state index contributed by atoms with van der Waals surface area (Å²) < 4.78 is 19.8. The molecule has 0 fully saturated rings. The molecule has 1 amide bonds. The molecule has 0 atom stereocenters. The molecule has 108 valence electrons. The topological polar surface area (TPSA) is 69.4 Å². The Bertz CT molecular complexity index is 686. The molecule has 0 saturated carbocycles. The summed E-state index contributed by atoms with van der Waals surface area (Å²) in [4.78, 5) is 22.8. The molecule has 0 unspecified atom stereocenters. The Labute approximate surface area is 134 Å². The molecule has 2 rings (SSSR count). The van der Waals surface area contributed by atoms with E-state index >= 15 is 0 Å². The standard InChI is InChI=1S/C15H11FINO3/c16-13-7-11(5-6-12(13)15(18)20)21-8-14(19)9-1-3-10(17)4-2-9/h1-7H,8H2,(H2,18,20). The summed E-state index contributed by atoms with van der Waals surface area (Å²) in [5.41, 5.74) is 5.30. The van der Waals surface area contributed by atoms with Gasteiger partial charge in [-0.15, -0.1) is 0 Å². The molecule has 0 heterocycles. The molecule has 21 heavy (non-hydrogen) atoms. The average Bonchev–Trinajstić information content (AvgIpc) is 2.45. The van der Waals surface area contributed by atoms with Crippen LogP contribution < -0.4 is 10.5 Å². The summed E-state index contributed by atoms with van der Waals surface area (Å²) in [6.07, 6.45) is 0. The van der Waals surface area contributed by atoms with Crippen LogP contribution in [0.25, 0.3) is 0 Å². The highest BCUT2D eigenvalue weighted by atomic mass is 127. The molecule has 0 bridgehead atoms. The van der Waals surface area contributed by atoms with Gasteiger partial charge in [-0.2, -0.15) is 0 Å². The van der Waals surface area contributed by atoms with E-state index in [4.69, 9.17) is 10.5 Å². The van der Waals surface area contributed by atoms with E-state index in [1.807, 2.05) is 12.1 Å². The van der Waals surface area contributed by atoms with Gasteiger partial charge in [-0.3, -0.25) is 9.59 Å². The van der Waals surface area contributed by atoms with Crippen LogP contribution in [0.4, 0.5) is 4.39 Å². The molecule has 6 heteroatoms. The first-order chi connectivity index (χ1) is 9.97. The minimum Gasteiger partial charge on any atom is -0.485 e. The Balaban J connectivity index is 2.03. The van der Waals surface area contributed by atoms with E-state index in [0.29, 0.717) is 5.56 Å². The summed E-state index contributed by atoms with van der Waals surface area (Å²) in [7, 11) is 0. The number of benzene rings is 2. The van der Waals surface area contributed by atoms with Crippen molar-refractivity contribution in [1.82, 2.24) is 0 Å². The van der Waals surface area contributed by atoms with E-state index in [1.165, 1.54) is 12.1 Å². The largest absolute Gasteiger partial charge is 0.485 e. The normalized spacial score (nSPS) is 10.2. The summed E-state index contributed by atoms with van der Waals surface area (Å²) in [5, 5.41) is 0. The number of nitrogens with two attached hydrogens (primary N) is 1. The van der Waals surface area contributed by atoms with Gasteiger partial charge in [0.1, 0.15) is 11.6 Å². The second kappa shape index (κ2) is 6.66. The number of carbonyl (C=O) groups is 2. The number of halogens is 2. The maximum Gasteiger partial charge on any atom is 0.251 e. The quantitative estimate of drug-likeness (QED) is 0.621. The lowest BCUT2D eigenvalue weighted by Gasteiger charge is -2.07. The van der Waals surface area contributed by atoms with Crippen molar-refractivity contribution in [1.29, 1.82) is 0 Å². The van der Waals surface area contributed by atoms with Gasteiger partial charge in [-0.05, 0) is 46.9 Å². The van der Waals surface area contributed by atoms with Gasteiger partial charge in [-0.1, -0.05) is 12.1 Å². The van der Waals surface area contributed by atoms with Gasteiger partial charge in [0.25, 0.3) is 5.91 Å². The van der Waals surface area contributed by atoms with Gasteiger partial charge >= 0.3 is 0 Å². The minimum atomic E-state index is -0.853. The van der Waals surface area contributed by atoms with E-state index in [2.05, 4.69) is 22.6 Å². The van der Waals surface area contributed by atoms with Crippen molar-refractivity contribution >= 4 is 34.3 Å². The van der Waals surface area contributed by atoms with Crippen LogP contribution >= 0.6 is 22.6 Å². The van der Waals surface area contributed by atoms with Crippen LogP contribution in [0.15, 0.2) is 42.5 Å². The molecule has 0 spiro atoms. The summed E-state index contributed by atoms with van der Waals surface area (Å²) >= 11 is 2.14. The van der Waals surface area contributed by atoms with Crippen LogP contribution in [0.2, 0.25) is 0 Å². The first kappa shape index (κ1) is 15.4. The molecule has 2 aromatic rings. The summed E-state index contributed by atoms with van der Waals surface area (Å²) in [6.45, 7) is -0.212. The zero-order valence-corrected chi connectivity index (χ0v) is 13.0. The lowest BCUT2D eigenvalue weighted by molar-refractivity contribution is 0.0919. The van der Waals surface area contributed by atoms with Crippen LogP contribution in [0.3, 0.4) is 0 Å². The number of ether oxygens (including phenoxy) is 1. The van der Waals surface area contributed by atoms with Gasteiger partial charge in [0.15, 0.2) is 12.4 Å². The van der Waals surface area contributed by atoms with Crippen LogP contribution in [-0.4, -0.2) is 18.3 Å². The number of Topliss-reactive ketones (excluding diaryl/α,β-unsaturated/α-hetero) is 1. The second-order valence-corrected chi connectivity index (χ2v) is 5.47. The summed E-state index contributed by atoms with van der Waals surface area (Å²) in [6, 6.07) is 10.7. The summed E-state index contributed by atoms with van der Waals surface area (Å²) in [5.74, 6) is -1.68. The van der Waals surface area contributed by atoms with E-state index in [9.17, 15) is 14.0 Å². The molecular formula is C15H11FINO3. The van der Waals surface area contributed by atoms with Crippen LogP contribution in [0.5, 0.6) is 5.75 Å². The van der Waals surface area contributed by atoms with Gasteiger partial charge in [0, 0.05) is 15.2 Å². The smallest absolute Gasteiger partial charge is 0.251 e. The maximum atomic E-state index is 13.5. The number of amides is 1. The monoisotopic (exact) mass is 399 g/mol. The second-order valence-electron chi connectivity index (χ2n) is 4.22. The van der Waals surface area contributed by atoms with E-state index in [0.717, 1.165) is 9.64 Å². The number of hydrogen-bond donors (Lipinski definition) is 1. The first-order valence-electron chi connectivity index (χ1n) is 5.98. The SMILES string of the molecule is NC(=O)c1ccc(OCC(=O)c2ccc(I)cc2)cc1F. The third kappa shape index (κ3) is 4.01. The van der Waals surface area contributed by atoms with E-state index in [1.54, 1.807) is 12.1 Å². The molecule has 0 aliphatic heterocycles. The van der Waals surface area contributed by atoms with Gasteiger partial charge in [-0.25, -0.2) is 4.39 Å². The van der Waals surface area contributed by atoms with Gasteiger partial charge in [0.2, 0.25) is 0 Å². The predicted molar refractivity (Wildman–Crippen MR) is 83.9 cm³/mol. The molecule has 0 aliphatic rings. The third-order valence-corrected chi connectivity index (χ3v) is 3.46. The van der Waals surface area contributed by atoms with E-state index in [-0.39, 0.29) is 23.7 Å². The van der Waals surface area contributed by atoms with Gasteiger partial charge < -0.3 is 10.5 Å². The molecule has 0 aromatic heterocycles. The fourth-order valence-electron chi connectivity index (χ4n) is 1.65. The number of ketones is 1. The predicted octanol–water partition coefficient (Wildman–Crippen LogP) is 2.79. The molecule has 2 N–H and O–H groups in total. The number of rotatable bonds is 5. The first-order valence-corrected chi connectivity index (χ1v) is 7.06. The van der Waals surface area contributed by atoms with Crippen molar-refractivity contribution in [3.63, 3.8) is 0 Å². The van der Waals surface area contributed by atoms with Crippen molar-refractivity contribution in [3.8, 4) is 5.75 Å². The zero-order valence-electron chi connectivity index (χ0n) is 10.8. The Kier molecular flexibility index (Phi) is 4.89. The maximum absolute atomic E-state index is 13.5. The molecule has 0 aliphatic carbocycles. The minimum absolute atomic E-state index is 0.163. The highest BCUT2D eigenvalue weighted by molar-refractivity contribution is 14.1. The zero-order chi connectivity index (χ0) is 15.4. The molecular weight excluding hydrogens is 388 g/mol. The molecule has 4 nitrogen and oxygen atoms in total. The Morgan fingerprint density at radius 3 is 2.38 bits per heavy atom. The number of hydrogen-bond acceptors (Lipinski definition) is 3. The fourth-order valence-corrected chi connectivity index (χ4v) is 2.01. The van der Waals surface area contributed by atoms with Crippen molar-refractivity contribution in [2.75, 3.05) is 6.61 Å². The van der Waals surface area contributed by atoms with Crippen LogP contribution in [0, 0.1) is 9.39 Å². The average molecular weight is 399 g/mol.